The predicted molar refractivity (Wildman–Crippen MR) is 115 cm³/mol. The molecule has 0 aliphatic heterocycles. The van der Waals surface area contributed by atoms with Crippen molar-refractivity contribution < 1.29 is 9.59 Å². The Morgan fingerprint density at radius 2 is 1.45 bits per heavy atom. The molecular weight excluding hydrogens is 364 g/mol. The number of benzene rings is 3. The number of rotatable bonds is 3. The first-order valence-electron chi connectivity index (χ1n) is 8.86. The largest absolute Gasteiger partial charge is 0.323 e. The Balaban J connectivity index is 0.000000224. The standard InChI is InChI=1S/C16H13N3O.C7H5NO/c20-16(18-12-6-2-1-3-7-12)19-15-10-11-17-14-9-5-4-8-13(14)15;9-6-8-7-4-2-1-3-5-7/h1-11H,(H2,17,18,19,20);1-5H. The molecular formula is C23H18N4O2. The summed E-state index contributed by atoms with van der Waals surface area (Å²) in [4.78, 5) is 29.3. The summed E-state index contributed by atoms with van der Waals surface area (Å²) in [6.07, 6.45) is 3.14. The number of carbonyl (C=O) groups excluding carboxylic acids is 2. The van der Waals surface area contributed by atoms with Crippen LogP contribution in [0.15, 0.2) is 102 Å². The Bertz CT molecular complexity index is 1120. The number of hydrogen-bond donors (Lipinski definition) is 2. The van der Waals surface area contributed by atoms with Gasteiger partial charge in [0.1, 0.15) is 0 Å². The minimum Gasteiger partial charge on any atom is -0.308 e. The zero-order chi connectivity index (χ0) is 20.3. The number of para-hydroxylation sites is 3. The lowest BCUT2D eigenvalue weighted by Gasteiger charge is -2.09. The van der Waals surface area contributed by atoms with Crippen LogP contribution in [-0.2, 0) is 4.79 Å². The lowest BCUT2D eigenvalue weighted by Crippen LogP contribution is -2.19. The van der Waals surface area contributed by atoms with E-state index in [2.05, 4.69) is 20.6 Å². The Morgan fingerprint density at radius 1 is 0.793 bits per heavy atom. The van der Waals surface area contributed by atoms with E-state index in [4.69, 9.17) is 0 Å². The second-order valence-electron chi connectivity index (χ2n) is 5.86. The van der Waals surface area contributed by atoms with E-state index in [9.17, 15) is 9.59 Å². The number of aliphatic imine (C=N–C) groups is 1. The van der Waals surface area contributed by atoms with Gasteiger partial charge in [-0.15, -0.1) is 0 Å². The van der Waals surface area contributed by atoms with Crippen molar-refractivity contribution in [1.29, 1.82) is 0 Å². The van der Waals surface area contributed by atoms with Gasteiger partial charge in [-0.1, -0.05) is 54.6 Å². The van der Waals surface area contributed by atoms with Gasteiger partial charge in [-0.2, -0.15) is 4.99 Å². The van der Waals surface area contributed by atoms with Crippen LogP contribution in [0.25, 0.3) is 10.9 Å². The van der Waals surface area contributed by atoms with Crippen molar-refractivity contribution >= 4 is 40.1 Å². The smallest absolute Gasteiger partial charge is 0.308 e. The summed E-state index contributed by atoms with van der Waals surface area (Å²) in [6.45, 7) is 0. The van der Waals surface area contributed by atoms with Gasteiger partial charge in [-0.25, -0.2) is 9.59 Å². The van der Waals surface area contributed by atoms with E-state index in [1.54, 1.807) is 24.4 Å². The van der Waals surface area contributed by atoms with E-state index in [1.165, 1.54) is 6.08 Å². The van der Waals surface area contributed by atoms with Crippen LogP contribution in [0.2, 0.25) is 0 Å². The van der Waals surface area contributed by atoms with Crippen LogP contribution >= 0.6 is 0 Å². The maximum atomic E-state index is 12.0. The van der Waals surface area contributed by atoms with Gasteiger partial charge in [0.05, 0.1) is 16.9 Å². The van der Waals surface area contributed by atoms with Crippen molar-refractivity contribution in [1.82, 2.24) is 4.98 Å². The maximum absolute atomic E-state index is 12.0. The van der Waals surface area contributed by atoms with Crippen molar-refractivity contribution in [3.05, 3.63) is 97.2 Å². The highest BCUT2D eigenvalue weighted by Crippen LogP contribution is 2.21. The van der Waals surface area contributed by atoms with E-state index >= 15 is 0 Å². The molecule has 0 fully saturated rings. The molecule has 29 heavy (non-hydrogen) atoms. The van der Waals surface area contributed by atoms with Gasteiger partial charge in [0.2, 0.25) is 6.08 Å². The van der Waals surface area contributed by atoms with Crippen molar-refractivity contribution in [2.45, 2.75) is 0 Å². The Hall–Kier alpha value is -4.28. The number of aromatic nitrogens is 1. The lowest BCUT2D eigenvalue weighted by atomic mass is 10.2. The summed E-state index contributed by atoms with van der Waals surface area (Å²) < 4.78 is 0. The first-order chi connectivity index (χ1) is 14.3. The van der Waals surface area contributed by atoms with E-state index in [-0.39, 0.29) is 6.03 Å². The summed E-state index contributed by atoms with van der Waals surface area (Å²) in [7, 11) is 0. The minimum absolute atomic E-state index is 0.271. The van der Waals surface area contributed by atoms with Crippen molar-refractivity contribution in [3.8, 4) is 0 Å². The molecule has 142 valence electrons. The van der Waals surface area contributed by atoms with Crippen LogP contribution < -0.4 is 10.6 Å². The molecule has 6 nitrogen and oxygen atoms in total. The highest BCUT2D eigenvalue weighted by Gasteiger charge is 2.05. The van der Waals surface area contributed by atoms with Crippen LogP contribution in [-0.4, -0.2) is 17.1 Å². The van der Waals surface area contributed by atoms with E-state index in [0.717, 1.165) is 22.3 Å². The van der Waals surface area contributed by atoms with Gasteiger partial charge in [-0.05, 0) is 36.4 Å². The number of fused-ring (bicyclic) bond motifs is 1. The number of hydrogen-bond acceptors (Lipinski definition) is 4. The molecule has 0 bridgehead atoms. The molecule has 6 heteroatoms. The monoisotopic (exact) mass is 382 g/mol. The molecule has 2 N–H and O–H groups in total. The molecule has 0 spiro atoms. The molecule has 1 heterocycles. The molecule has 2 amide bonds. The number of carbonyl (C=O) groups is 1. The number of isocyanates is 1. The number of nitrogens with one attached hydrogen (secondary N) is 2. The number of amides is 2. The van der Waals surface area contributed by atoms with Gasteiger partial charge in [-0.3, -0.25) is 4.98 Å². The summed E-state index contributed by atoms with van der Waals surface area (Å²) in [5.41, 5.74) is 2.99. The number of urea groups is 1. The molecule has 0 unspecified atom stereocenters. The molecule has 0 saturated carbocycles. The molecule has 0 aliphatic carbocycles. The topological polar surface area (TPSA) is 83.5 Å². The lowest BCUT2D eigenvalue weighted by molar-refractivity contribution is 0.262. The molecule has 0 saturated heterocycles. The fourth-order valence-electron chi connectivity index (χ4n) is 2.57. The minimum atomic E-state index is -0.271. The van der Waals surface area contributed by atoms with Gasteiger partial charge >= 0.3 is 6.03 Å². The number of anilines is 2. The van der Waals surface area contributed by atoms with E-state index in [0.29, 0.717) is 5.69 Å². The summed E-state index contributed by atoms with van der Waals surface area (Å²) >= 11 is 0. The van der Waals surface area contributed by atoms with Gasteiger partial charge in [0.15, 0.2) is 0 Å². The normalized spacial score (nSPS) is 9.52. The van der Waals surface area contributed by atoms with Crippen LogP contribution in [0.1, 0.15) is 0 Å². The average molecular weight is 382 g/mol. The third-order valence-electron chi connectivity index (χ3n) is 3.86. The third-order valence-corrected chi connectivity index (χ3v) is 3.86. The van der Waals surface area contributed by atoms with Crippen LogP contribution in [0.3, 0.4) is 0 Å². The second-order valence-corrected chi connectivity index (χ2v) is 5.86. The average Bonchev–Trinajstić information content (AvgIpc) is 2.76. The quantitative estimate of drug-likeness (QED) is 0.361. The Kier molecular flexibility index (Phi) is 6.82. The number of pyridine rings is 1. The maximum Gasteiger partial charge on any atom is 0.323 e. The Morgan fingerprint density at radius 3 is 2.17 bits per heavy atom. The number of nitrogens with zero attached hydrogens (tertiary/aromatic N) is 2. The SMILES string of the molecule is O=C(Nc1ccccc1)Nc1ccnc2ccccc12.O=C=Nc1ccccc1. The highest BCUT2D eigenvalue weighted by molar-refractivity contribution is 6.05. The van der Waals surface area contributed by atoms with Gasteiger partial charge < -0.3 is 10.6 Å². The van der Waals surface area contributed by atoms with Crippen molar-refractivity contribution in [2.24, 2.45) is 4.99 Å². The predicted octanol–water partition coefficient (Wildman–Crippen LogP) is 5.53. The molecule has 4 rings (SSSR count). The van der Waals surface area contributed by atoms with E-state index in [1.807, 2.05) is 72.8 Å². The first-order valence-corrected chi connectivity index (χ1v) is 8.86. The first kappa shape index (κ1) is 19.5. The second kappa shape index (κ2) is 10.2. The van der Waals surface area contributed by atoms with Crippen LogP contribution in [0.5, 0.6) is 0 Å². The molecule has 0 aliphatic rings. The molecule has 1 aromatic heterocycles. The molecule has 0 radical (unpaired) electrons. The molecule has 3 aromatic carbocycles. The summed E-state index contributed by atoms with van der Waals surface area (Å²) in [6, 6.07) is 27.5. The van der Waals surface area contributed by atoms with E-state index < -0.39 is 0 Å². The summed E-state index contributed by atoms with van der Waals surface area (Å²) in [5, 5.41) is 6.54. The zero-order valence-electron chi connectivity index (χ0n) is 15.4. The molecule has 4 aromatic rings. The van der Waals surface area contributed by atoms with Gasteiger partial charge in [0.25, 0.3) is 0 Å². The molecule has 0 atom stereocenters. The summed E-state index contributed by atoms with van der Waals surface area (Å²) in [5.74, 6) is 0. The third kappa shape index (κ3) is 5.85. The Labute approximate surface area is 168 Å². The van der Waals surface area contributed by atoms with Crippen LogP contribution in [0, 0.1) is 0 Å². The fraction of sp³-hybridized carbons (Fsp3) is 0. The fourth-order valence-corrected chi connectivity index (χ4v) is 2.57. The zero-order valence-corrected chi connectivity index (χ0v) is 15.4. The van der Waals surface area contributed by atoms with Gasteiger partial charge in [0, 0.05) is 17.3 Å². The highest BCUT2D eigenvalue weighted by atomic mass is 16.2. The van der Waals surface area contributed by atoms with Crippen molar-refractivity contribution in [3.63, 3.8) is 0 Å². The van der Waals surface area contributed by atoms with Crippen LogP contribution in [0.4, 0.5) is 21.9 Å². The van der Waals surface area contributed by atoms with Crippen molar-refractivity contribution in [2.75, 3.05) is 10.6 Å².